The summed E-state index contributed by atoms with van der Waals surface area (Å²) in [5.74, 6) is 0.326. The molecule has 0 heterocycles. The Bertz CT molecular complexity index is 588. The molecule has 1 aromatic carbocycles. The molecule has 0 bridgehead atoms. The lowest BCUT2D eigenvalue weighted by Crippen LogP contribution is -2.42. The summed E-state index contributed by atoms with van der Waals surface area (Å²) in [5.41, 5.74) is 0.224. The highest BCUT2D eigenvalue weighted by Crippen LogP contribution is 2.29. The normalized spacial score (nSPS) is 20.8. The topological polar surface area (TPSA) is 95.7 Å². The number of urea groups is 1. The summed E-state index contributed by atoms with van der Waals surface area (Å²) in [6.07, 6.45) is 3.50. The van der Waals surface area contributed by atoms with Crippen LogP contribution < -0.4 is 5.32 Å². The maximum absolute atomic E-state index is 12.3. The van der Waals surface area contributed by atoms with Crippen LogP contribution in [0.25, 0.3) is 0 Å². The minimum Gasteiger partial charge on any atom is -0.396 e. The van der Waals surface area contributed by atoms with Crippen molar-refractivity contribution in [2.24, 2.45) is 5.92 Å². The lowest BCUT2D eigenvalue weighted by atomic mass is 9.86. The van der Waals surface area contributed by atoms with Crippen LogP contribution in [0.5, 0.6) is 0 Å². The molecule has 0 atom stereocenters. The molecular formula is C15H20ClN3O4. The third kappa shape index (κ3) is 4.33. The van der Waals surface area contributed by atoms with Crippen LogP contribution in [-0.4, -0.2) is 40.7 Å². The van der Waals surface area contributed by atoms with E-state index in [4.69, 9.17) is 16.7 Å². The molecule has 8 heteroatoms. The zero-order valence-electron chi connectivity index (χ0n) is 12.9. The van der Waals surface area contributed by atoms with Crippen LogP contribution in [0.15, 0.2) is 18.2 Å². The predicted molar refractivity (Wildman–Crippen MR) is 87.7 cm³/mol. The Hall–Kier alpha value is -1.86. The number of amides is 2. The van der Waals surface area contributed by atoms with Crippen molar-refractivity contribution >= 4 is 29.0 Å². The molecule has 126 valence electrons. The highest BCUT2D eigenvalue weighted by atomic mass is 35.5. The predicted octanol–water partition coefficient (Wildman–Crippen LogP) is 3.26. The monoisotopic (exact) mass is 341 g/mol. The van der Waals surface area contributed by atoms with E-state index in [1.807, 2.05) is 0 Å². The zero-order valence-corrected chi connectivity index (χ0v) is 13.6. The number of aliphatic hydroxyl groups excluding tert-OH is 1. The second kappa shape index (κ2) is 7.61. The van der Waals surface area contributed by atoms with Gasteiger partial charge in [0.05, 0.1) is 15.6 Å². The molecule has 1 aliphatic rings. The van der Waals surface area contributed by atoms with E-state index in [2.05, 4.69) is 5.32 Å². The SMILES string of the molecule is CN(C(=O)Nc1ccc([N+](=O)[O-])cc1Cl)C1CCC(CO)CC1. The van der Waals surface area contributed by atoms with E-state index in [0.29, 0.717) is 11.6 Å². The van der Waals surface area contributed by atoms with Gasteiger partial charge in [-0.15, -0.1) is 0 Å². The minimum absolute atomic E-state index is 0.120. The molecule has 1 saturated carbocycles. The third-order valence-electron chi connectivity index (χ3n) is 4.35. The molecule has 0 saturated heterocycles. The molecule has 0 spiro atoms. The largest absolute Gasteiger partial charge is 0.396 e. The van der Waals surface area contributed by atoms with Gasteiger partial charge in [0, 0.05) is 31.8 Å². The maximum Gasteiger partial charge on any atom is 0.321 e. The number of aliphatic hydroxyl groups is 1. The number of carbonyl (C=O) groups is 1. The Morgan fingerprint density at radius 3 is 2.61 bits per heavy atom. The third-order valence-corrected chi connectivity index (χ3v) is 4.66. The molecular weight excluding hydrogens is 322 g/mol. The summed E-state index contributed by atoms with van der Waals surface area (Å²) in [4.78, 5) is 24.1. The Morgan fingerprint density at radius 1 is 1.43 bits per heavy atom. The quantitative estimate of drug-likeness (QED) is 0.649. The van der Waals surface area contributed by atoms with E-state index in [0.717, 1.165) is 25.7 Å². The Morgan fingerprint density at radius 2 is 2.09 bits per heavy atom. The molecule has 23 heavy (non-hydrogen) atoms. The molecule has 0 aromatic heterocycles. The first-order valence-corrected chi connectivity index (χ1v) is 7.88. The number of nitro groups is 1. The Labute approximate surface area is 139 Å². The average molecular weight is 342 g/mol. The lowest BCUT2D eigenvalue weighted by Gasteiger charge is -2.34. The molecule has 2 N–H and O–H groups in total. The van der Waals surface area contributed by atoms with Crippen molar-refractivity contribution in [2.75, 3.05) is 19.0 Å². The molecule has 1 aromatic rings. The molecule has 7 nitrogen and oxygen atoms in total. The molecule has 0 aliphatic heterocycles. The van der Waals surface area contributed by atoms with Crippen molar-refractivity contribution in [3.8, 4) is 0 Å². The van der Waals surface area contributed by atoms with Gasteiger partial charge in [0.15, 0.2) is 0 Å². The summed E-state index contributed by atoms with van der Waals surface area (Å²) in [6.45, 7) is 0.195. The second-order valence-corrected chi connectivity index (χ2v) is 6.23. The summed E-state index contributed by atoms with van der Waals surface area (Å²) >= 11 is 5.98. The van der Waals surface area contributed by atoms with E-state index in [9.17, 15) is 14.9 Å². The highest BCUT2D eigenvalue weighted by Gasteiger charge is 2.26. The number of nitrogens with zero attached hydrogens (tertiary/aromatic N) is 2. The standard InChI is InChI=1S/C15H20ClN3O4/c1-18(11-4-2-10(9-20)3-5-11)15(21)17-14-7-6-12(19(22)23)8-13(14)16/h6-8,10-11,20H,2-5,9H2,1H3,(H,17,21). The van der Waals surface area contributed by atoms with E-state index in [1.165, 1.54) is 18.2 Å². The van der Waals surface area contributed by atoms with Gasteiger partial charge in [-0.1, -0.05) is 11.6 Å². The van der Waals surface area contributed by atoms with Gasteiger partial charge in [-0.05, 0) is 37.7 Å². The first kappa shape index (κ1) is 17.5. The van der Waals surface area contributed by atoms with Gasteiger partial charge in [0.25, 0.3) is 5.69 Å². The van der Waals surface area contributed by atoms with Crippen LogP contribution in [0.1, 0.15) is 25.7 Å². The number of non-ortho nitro benzene ring substituents is 1. The maximum atomic E-state index is 12.3. The van der Waals surface area contributed by atoms with E-state index in [1.54, 1.807) is 11.9 Å². The van der Waals surface area contributed by atoms with E-state index in [-0.39, 0.29) is 29.4 Å². The first-order chi connectivity index (χ1) is 10.9. The van der Waals surface area contributed by atoms with Gasteiger partial charge in [-0.2, -0.15) is 0 Å². The number of carbonyl (C=O) groups excluding carboxylic acids is 1. The summed E-state index contributed by atoms with van der Waals surface area (Å²) in [5, 5.41) is 22.7. The summed E-state index contributed by atoms with van der Waals surface area (Å²) in [6, 6.07) is 3.76. The van der Waals surface area contributed by atoms with Gasteiger partial charge >= 0.3 is 6.03 Å². The fourth-order valence-electron chi connectivity index (χ4n) is 2.80. The molecule has 2 amide bonds. The van der Waals surface area contributed by atoms with Crippen LogP contribution in [0.2, 0.25) is 5.02 Å². The van der Waals surface area contributed by atoms with Crippen LogP contribution in [0.3, 0.4) is 0 Å². The van der Waals surface area contributed by atoms with Gasteiger partial charge in [0.2, 0.25) is 0 Å². The van der Waals surface area contributed by atoms with Crippen molar-refractivity contribution in [2.45, 2.75) is 31.7 Å². The molecule has 1 aliphatic carbocycles. The van der Waals surface area contributed by atoms with Crippen LogP contribution in [-0.2, 0) is 0 Å². The molecule has 0 radical (unpaired) electrons. The number of nitro benzene ring substituents is 1. The van der Waals surface area contributed by atoms with Crippen LogP contribution >= 0.6 is 11.6 Å². The number of hydrogen-bond donors (Lipinski definition) is 2. The molecule has 2 rings (SSSR count). The minimum atomic E-state index is -0.538. The van der Waals surface area contributed by atoms with E-state index < -0.39 is 4.92 Å². The van der Waals surface area contributed by atoms with Crippen LogP contribution in [0, 0.1) is 16.0 Å². The number of benzene rings is 1. The fourth-order valence-corrected chi connectivity index (χ4v) is 3.02. The highest BCUT2D eigenvalue weighted by molar-refractivity contribution is 6.33. The number of anilines is 1. The van der Waals surface area contributed by atoms with Gasteiger partial charge in [0.1, 0.15) is 0 Å². The second-order valence-electron chi connectivity index (χ2n) is 5.82. The lowest BCUT2D eigenvalue weighted by molar-refractivity contribution is -0.384. The molecule has 1 fully saturated rings. The van der Waals surface area contributed by atoms with Gasteiger partial charge < -0.3 is 15.3 Å². The summed E-state index contributed by atoms with van der Waals surface area (Å²) < 4.78 is 0. The fraction of sp³-hybridized carbons (Fsp3) is 0.533. The average Bonchev–Trinajstić information content (AvgIpc) is 2.55. The Balaban J connectivity index is 1.97. The molecule has 0 unspecified atom stereocenters. The number of nitrogens with one attached hydrogen (secondary N) is 1. The van der Waals surface area contributed by atoms with Crippen molar-refractivity contribution in [3.63, 3.8) is 0 Å². The van der Waals surface area contributed by atoms with Crippen molar-refractivity contribution < 1.29 is 14.8 Å². The number of halogens is 1. The van der Waals surface area contributed by atoms with Crippen molar-refractivity contribution in [1.29, 1.82) is 0 Å². The van der Waals surface area contributed by atoms with E-state index >= 15 is 0 Å². The zero-order chi connectivity index (χ0) is 17.0. The van der Waals surface area contributed by atoms with Crippen molar-refractivity contribution in [3.05, 3.63) is 33.3 Å². The van der Waals surface area contributed by atoms with Crippen LogP contribution in [0.4, 0.5) is 16.2 Å². The number of hydrogen-bond acceptors (Lipinski definition) is 4. The van der Waals surface area contributed by atoms with Crippen molar-refractivity contribution in [1.82, 2.24) is 4.90 Å². The smallest absolute Gasteiger partial charge is 0.321 e. The first-order valence-electron chi connectivity index (χ1n) is 7.51. The number of rotatable bonds is 4. The van der Waals surface area contributed by atoms with Gasteiger partial charge in [-0.3, -0.25) is 10.1 Å². The summed E-state index contributed by atoms with van der Waals surface area (Å²) in [7, 11) is 1.72. The Kier molecular flexibility index (Phi) is 5.79. The van der Waals surface area contributed by atoms with Gasteiger partial charge in [-0.25, -0.2) is 4.79 Å².